The summed E-state index contributed by atoms with van der Waals surface area (Å²) in [7, 11) is 3.26. The number of likely N-dealkylation sites (N-methyl/N-ethyl adjacent to an activating group) is 1. The number of nitrogens with one attached hydrogen (secondary N) is 1. The van der Waals surface area contributed by atoms with Gasteiger partial charge in [0.05, 0.1) is 6.04 Å². The van der Waals surface area contributed by atoms with Crippen LogP contribution in [0.1, 0.15) is 6.92 Å². The van der Waals surface area contributed by atoms with Crippen molar-refractivity contribution < 1.29 is 14.7 Å². The lowest BCUT2D eigenvalue weighted by Gasteiger charge is -2.18. The molecule has 82 valence electrons. The van der Waals surface area contributed by atoms with Gasteiger partial charge in [-0.3, -0.25) is 9.59 Å². The first-order valence-corrected chi connectivity index (χ1v) is 4.28. The van der Waals surface area contributed by atoms with Crippen LogP contribution in [0.2, 0.25) is 0 Å². The lowest BCUT2D eigenvalue weighted by Crippen LogP contribution is -2.46. The third-order valence-electron chi connectivity index (χ3n) is 1.76. The number of amides is 2. The highest BCUT2D eigenvalue weighted by atomic mass is 16.3. The summed E-state index contributed by atoms with van der Waals surface area (Å²) in [6.45, 7) is 1.63. The van der Waals surface area contributed by atoms with E-state index >= 15 is 0 Å². The molecule has 2 amide bonds. The highest BCUT2D eigenvalue weighted by Gasteiger charge is 2.17. The Labute approximate surface area is 83.1 Å². The second-order valence-electron chi connectivity index (χ2n) is 3.28. The van der Waals surface area contributed by atoms with Gasteiger partial charge in [0.2, 0.25) is 11.8 Å². The first kappa shape index (κ1) is 12.9. The van der Waals surface area contributed by atoms with Crippen molar-refractivity contribution in [3.8, 4) is 0 Å². The Morgan fingerprint density at radius 1 is 1.50 bits per heavy atom. The summed E-state index contributed by atoms with van der Waals surface area (Å²) in [4.78, 5) is 23.2. The van der Waals surface area contributed by atoms with E-state index in [1.54, 1.807) is 21.0 Å². The minimum absolute atomic E-state index is 0.0178. The summed E-state index contributed by atoms with van der Waals surface area (Å²) < 4.78 is 0. The van der Waals surface area contributed by atoms with E-state index in [-0.39, 0.29) is 12.5 Å². The highest BCUT2D eigenvalue weighted by Crippen LogP contribution is 1.89. The molecule has 0 aromatic heterocycles. The standard InChI is InChI=1S/C8H17N3O3/c1-5(8(14)11(2)3)10-4-6(12)7(9)13/h5-6,10,12H,4H2,1-3H3,(H2,9,13). The Bertz CT molecular complexity index is 218. The Hall–Kier alpha value is -1.14. The molecule has 0 saturated carbocycles. The van der Waals surface area contributed by atoms with Gasteiger partial charge in [0.25, 0.3) is 0 Å². The van der Waals surface area contributed by atoms with Crippen molar-refractivity contribution in [3.05, 3.63) is 0 Å². The molecular weight excluding hydrogens is 186 g/mol. The molecule has 14 heavy (non-hydrogen) atoms. The maximum absolute atomic E-state index is 11.3. The fourth-order valence-electron chi connectivity index (χ4n) is 0.864. The summed E-state index contributed by atoms with van der Waals surface area (Å²) in [5.74, 6) is -0.927. The van der Waals surface area contributed by atoms with Gasteiger partial charge in [0.15, 0.2) is 0 Å². The van der Waals surface area contributed by atoms with Crippen molar-refractivity contribution in [2.45, 2.75) is 19.1 Å². The molecule has 4 N–H and O–H groups in total. The number of aliphatic hydroxyl groups excluding tert-OH is 1. The van der Waals surface area contributed by atoms with Crippen molar-refractivity contribution >= 4 is 11.8 Å². The van der Waals surface area contributed by atoms with Gasteiger partial charge >= 0.3 is 0 Å². The van der Waals surface area contributed by atoms with Crippen molar-refractivity contribution in [1.29, 1.82) is 0 Å². The van der Waals surface area contributed by atoms with Gasteiger partial charge in [0.1, 0.15) is 6.10 Å². The molecular formula is C8H17N3O3. The number of nitrogens with two attached hydrogens (primary N) is 1. The van der Waals surface area contributed by atoms with Crippen LogP contribution in [0.5, 0.6) is 0 Å². The molecule has 0 spiro atoms. The van der Waals surface area contributed by atoms with Crippen LogP contribution < -0.4 is 11.1 Å². The van der Waals surface area contributed by atoms with E-state index in [1.807, 2.05) is 0 Å². The van der Waals surface area contributed by atoms with Gasteiger partial charge in [-0.25, -0.2) is 0 Å². The van der Waals surface area contributed by atoms with Gasteiger partial charge < -0.3 is 21.1 Å². The van der Waals surface area contributed by atoms with Gasteiger partial charge in [-0.05, 0) is 6.92 Å². The summed E-state index contributed by atoms with van der Waals surface area (Å²) in [6.07, 6.45) is -1.26. The molecule has 0 radical (unpaired) electrons. The molecule has 2 unspecified atom stereocenters. The van der Waals surface area contributed by atoms with E-state index in [4.69, 9.17) is 10.8 Å². The predicted molar refractivity (Wildman–Crippen MR) is 51.4 cm³/mol. The second kappa shape index (κ2) is 5.56. The Balaban J connectivity index is 3.90. The molecule has 0 saturated heterocycles. The molecule has 0 aliphatic heterocycles. The lowest BCUT2D eigenvalue weighted by atomic mass is 10.2. The average Bonchev–Trinajstić information content (AvgIpc) is 2.11. The summed E-state index contributed by atoms with van der Waals surface area (Å²) in [6, 6.07) is -0.445. The number of primary amides is 1. The number of carbonyl (C=O) groups is 2. The van der Waals surface area contributed by atoms with Gasteiger partial charge in [-0.1, -0.05) is 0 Å². The zero-order valence-corrected chi connectivity index (χ0v) is 8.65. The molecule has 2 atom stereocenters. The van der Waals surface area contributed by atoms with Crippen molar-refractivity contribution in [2.24, 2.45) is 5.73 Å². The number of hydrogen-bond donors (Lipinski definition) is 3. The second-order valence-corrected chi connectivity index (χ2v) is 3.28. The topological polar surface area (TPSA) is 95.7 Å². The highest BCUT2D eigenvalue weighted by molar-refractivity contribution is 5.81. The third-order valence-corrected chi connectivity index (χ3v) is 1.76. The quantitative estimate of drug-likeness (QED) is 0.477. The van der Waals surface area contributed by atoms with Crippen LogP contribution in [0.3, 0.4) is 0 Å². The summed E-state index contributed by atoms with van der Waals surface area (Å²) in [5, 5.41) is 11.7. The van der Waals surface area contributed by atoms with E-state index in [2.05, 4.69) is 5.32 Å². The SMILES string of the molecule is CC(NCC(O)C(N)=O)C(=O)N(C)C. The van der Waals surface area contributed by atoms with Crippen LogP contribution in [0.15, 0.2) is 0 Å². The van der Waals surface area contributed by atoms with Crippen LogP contribution in [0.4, 0.5) is 0 Å². The smallest absolute Gasteiger partial charge is 0.247 e. The molecule has 6 heteroatoms. The van der Waals surface area contributed by atoms with Gasteiger partial charge in [0, 0.05) is 20.6 Å². The van der Waals surface area contributed by atoms with Crippen LogP contribution in [-0.4, -0.2) is 54.6 Å². The molecule has 0 aliphatic rings. The number of carbonyl (C=O) groups excluding carboxylic acids is 2. The number of nitrogens with zero attached hydrogens (tertiary/aromatic N) is 1. The van der Waals surface area contributed by atoms with Crippen LogP contribution in [0.25, 0.3) is 0 Å². The fraction of sp³-hybridized carbons (Fsp3) is 0.750. The van der Waals surface area contributed by atoms with Crippen molar-refractivity contribution in [3.63, 3.8) is 0 Å². The zero-order valence-electron chi connectivity index (χ0n) is 8.65. The van der Waals surface area contributed by atoms with E-state index in [0.29, 0.717) is 0 Å². The molecule has 0 aromatic rings. The van der Waals surface area contributed by atoms with Gasteiger partial charge in [-0.15, -0.1) is 0 Å². The summed E-state index contributed by atoms with van der Waals surface area (Å²) in [5.41, 5.74) is 4.83. The zero-order chi connectivity index (χ0) is 11.3. The summed E-state index contributed by atoms with van der Waals surface area (Å²) >= 11 is 0. The van der Waals surface area contributed by atoms with E-state index in [0.717, 1.165) is 0 Å². The molecule has 0 bridgehead atoms. The molecule has 6 nitrogen and oxygen atoms in total. The minimum atomic E-state index is -1.26. The number of hydrogen-bond acceptors (Lipinski definition) is 4. The maximum atomic E-state index is 11.3. The van der Waals surface area contributed by atoms with Gasteiger partial charge in [-0.2, -0.15) is 0 Å². The fourth-order valence-corrected chi connectivity index (χ4v) is 0.864. The normalized spacial score (nSPS) is 14.6. The Morgan fingerprint density at radius 2 is 2.00 bits per heavy atom. The number of aliphatic hydroxyl groups is 1. The lowest BCUT2D eigenvalue weighted by molar-refractivity contribution is -0.131. The van der Waals surface area contributed by atoms with Crippen LogP contribution in [0, 0.1) is 0 Å². The van der Waals surface area contributed by atoms with E-state index in [9.17, 15) is 9.59 Å². The molecule has 0 aromatic carbocycles. The van der Waals surface area contributed by atoms with Crippen LogP contribution >= 0.6 is 0 Å². The molecule has 0 rings (SSSR count). The predicted octanol–water partition coefficient (Wildman–Crippen LogP) is -2.10. The van der Waals surface area contributed by atoms with Crippen LogP contribution in [-0.2, 0) is 9.59 Å². The minimum Gasteiger partial charge on any atom is -0.382 e. The first-order chi connectivity index (χ1) is 6.36. The van der Waals surface area contributed by atoms with Crippen molar-refractivity contribution in [1.82, 2.24) is 10.2 Å². The largest absolute Gasteiger partial charge is 0.382 e. The van der Waals surface area contributed by atoms with Crippen molar-refractivity contribution in [2.75, 3.05) is 20.6 Å². The maximum Gasteiger partial charge on any atom is 0.247 e. The first-order valence-electron chi connectivity index (χ1n) is 4.28. The monoisotopic (exact) mass is 203 g/mol. The van der Waals surface area contributed by atoms with E-state index in [1.165, 1.54) is 4.90 Å². The third kappa shape index (κ3) is 4.20. The Morgan fingerprint density at radius 3 is 2.36 bits per heavy atom. The molecule has 0 heterocycles. The van der Waals surface area contributed by atoms with E-state index < -0.39 is 18.1 Å². The average molecular weight is 203 g/mol. The molecule has 0 fully saturated rings. The molecule has 0 aliphatic carbocycles. The Kier molecular flexibility index (Phi) is 5.11. The number of rotatable bonds is 5.